The Kier molecular flexibility index (Phi) is 9.63. The fourth-order valence-electron chi connectivity index (χ4n) is 3.64. The Bertz CT molecular complexity index is 1450. The predicted octanol–water partition coefficient (Wildman–Crippen LogP) is 7.76. The highest BCUT2D eigenvalue weighted by Gasteiger charge is 2.16. The lowest BCUT2D eigenvalue weighted by molar-refractivity contribution is 0.0950. The average Bonchev–Trinajstić information content (AvgIpc) is 3.41. The van der Waals surface area contributed by atoms with Crippen LogP contribution in [0.2, 0.25) is 0 Å². The van der Waals surface area contributed by atoms with Crippen LogP contribution in [0.15, 0.2) is 83.9 Å². The second-order valence-electron chi connectivity index (χ2n) is 10.5. The molecule has 0 atom stereocenters. The van der Waals surface area contributed by atoms with Crippen LogP contribution in [-0.2, 0) is 11.3 Å². The molecule has 0 spiro atoms. The number of thiazole rings is 1. The van der Waals surface area contributed by atoms with Gasteiger partial charge in [0.1, 0.15) is 5.01 Å². The van der Waals surface area contributed by atoms with Crippen LogP contribution in [0, 0.1) is 0 Å². The first-order valence-electron chi connectivity index (χ1n) is 13.0. The predicted molar refractivity (Wildman–Crippen MR) is 165 cm³/mol. The van der Waals surface area contributed by atoms with Gasteiger partial charge in [-0.3, -0.25) is 14.8 Å². The number of ether oxygens (including phenoxy) is 1. The first kappa shape index (κ1) is 29.3. The van der Waals surface area contributed by atoms with Crippen molar-refractivity contribution in [2.75, 3.05) is 5.32 Å². The Morgan fingerprint density at radius 1 is 1.00 bits per heavy atom. The molecule has 0 radical (unpaired) electrons. The molecular formula is C31H34N4O3S2. The Hall–Kier alpha value is -3.66. The summed E-state index contributed by atoms with van der Waals surface area (Å²) in [6.07, 6.45) is 1.23. The van der Waals surface area contributed by atoms with E-state index in [0.717, 1.165) is 31.5 Å². The number of benzene rings is 3. The fraction of sp³-hybridized carbons (Fsp3) is 0.258. The minimum atomic E-state index is -0.476. The first-order chi connectivity index (χ1) is 19.1. The van der Waals surface area contributed by atoms with Gasteiger partial charge in [-0.1, -0.05) is 30.3 Å². The largest absolute Gasteiger partial charge is 0.447 e. The van der Waals surface area contributed by atoms with E-state index >= 15 is 0 Å². The van der Waals surface area contributed by atoms with Crippen molar-refractivity contribution in [3.63, 3.8) is 0 Å². The van der Waals surface area contributed by atoms with E-state index in [1.165, 1.54) is 0 Å². The summed E-state index contributed by atoms with van der Waals surface area (Å²) in [6.45, 7) is 10.4. The van der Waals surface area contributed by atoms with Gasteiger partial charge in [-0.25, -0.2) is 9.78 Å². The lowest BCUT2D eigenvalue weighted by Gasteiger charge is -2.21. The molecule has 0 saturated carbocycles. The molecule has 40 heavy (non-hydrogen) atoms. The molecule has 9 heteroatoms. The minimum absolute atomic E-state index is 0.0876. The van der Waals surface area contributed by atoms with E-state index in [9.17, 15) is 9.59 Å². The third-order valence-corrected chi connectivity index (χ3v) is 7.85. The topological polar surface area (TPSA) is 92.3 Å². The molecule has 0 aliphatic rings. The SMILES string of the molecule is CC(C)OC(=O)Nc1ccc(-c2ncc(-c3ccc(CNC(=O)c4ccccc4)cc3SNC(C)(C)C)s2)cc1. The van der Waals surface area contributed by atoms with Crippen LogP contribution in [0.4, 0.5) is 10.5 Å². The van der Waals surface area contributed by atoms with Crippen molar-refractivity contribution >= 4 is 41.0 Å². The van der Waals surface area contributed by atoms with E-state index in [1.807, 2.05) is 68.6 Å². The summed E-state index contributed by atoms with van der Waals surface area (Å²) < 4.78 is 8.65. The van der Waals surface area contributed by atoms with Crippen molar-refractivity contribution in [2.24, 2.45) is 0 Å². The standard InChI is InChI=1S/C31H34N4O3S2/c1-20(2)38-30(37)34-24-14-12-23(13-15-24)29-33-19-27(39-29)25-16-11-21(17-26(25)40-35-31(3,4)5)18-32-28(36)22-9-7-6-8-10-22/h6-17,19-20,35H,18H2,1-5H3,(H,32,36)(H,34,37). The monoisotopic (exact) mass is 574 g/mol. The summed E-state index contributed by atoms with van der Waals surface area (Å²) in [5.74, 6) is -0.100. The van der Waals surface area contributed by atoms with Gasteiger partial charge in [0.15, 0.2) is 0 Å². The molecule has 7 nitrogen and oxygen atoms in total. The lowest BCUT2D eigenvalue weighted by Crippen LogP contribution is -2.29. The molecule has 1 aromatic heterocycles. The zero-order chi connectivity index (χ0) is 28.7. The molecule has 2 amide bonds. The molecule has 0 saturated heterocycles. The molecule has 4 aromatic rings. The van der Waals surface area contributed by atoms with Crippen molar-refractivity contribution in [3.8, 4) is 21.0 Å². The van der Waals surface area contributed by atoms with Crippen molar-refractivity contribution in [1.29, 1.82) is 0 Å². The lowest BCUT2D eigenvalue weighted by atomic mass is 10.1. The van der Waals surface area contributed by atoms with E-state index in [2.05, 4.69) is 53.2 Å². The van der Waals surface area contributed by atoms with Gasteiger partial charge < -0.3 is 10.1 Å². The highest BCUT2D eigenvalue weighted by molar-refractivity contribution is 7.97. The highest BCUT2D eigenvalue weighted by Crippen LogP contribution is 2.38. The molecule has 0 unspecified atom stereocenters. The third-order valence-electron chi connectivity index (χ3n) is 5.49. The quantitative estimate of drug-likeness (QED) is 0.177. The molecule has 0 bridgehead atoms. The van der Waals surface area contributed by atoms with Gasteiger partial charge in [0.2, 0.25) is 0 Å². The van der Waals surface area contributed by atoms with Crippen LogP contribution in [0.1, 0.15) is 50.5 Å². The summed E-state index contributed by atoms with van der Waals surface area (Å²) in [7, 11) is 0. The summed E-state index contributed by atoms with van der Waals surface area (Å²) in [5.41, 5.74) is 4.25. The van der Waals surface area contributed by atoms with E-state index in [-0.39, 0.29) is 17.6 Å². The van der Waals surface area contributed by atoms with Gasteiger partial charge in [0, 0.05) is 45.6 Å². The second-order valence-corrected chi connectivity index (χ2v) is 12.4. The maximum Gasteiger partial charge on any atom is 0.411 e. The van der Waals surface area contributed by atoms with Crippen molar-refractivity contribution < 1.29 is 14.3 Å². The van der Waals surface area contributed by atoms with Gasteiger partial charge >= 0.3 is 6.09 Å². The first-order valence-corrected chi connectivity index (χ1v) is 14.6. The van der Waals surface area contributed by atoms with Crippen LogP contribution in [0.3, 0.4) is 0 Å². The molecule has 0 aliphatic heterocycles. The average molecular weight is 575 g/mol. The third kappa shape index (κ3) is 8.42. The molecule has 0 fully saturated rings. The number of hydrogen-bond donors (Lipinski definition) is 3. The van der Waals surface area contributed by atoms with Crippen LogP contribution >= 0.6 is 23.3 Å². The summed E-state index contributed by atoms with van der Waals surface area (Å²) in [4.78, 5) is 31.2. The van der Waals surface area contributed by atoms with Crippen molar-refractivity contribution in [2.45, 2.75) is 57.7 Å². The number of anilines is 1. The molecule has 3 aromatic carbocycles. The fourth-order valence-corrected chi connectivity index (χ4v) is 5.58. The Morgan fingerprint density at radius 3 is 2.40 bits per heavy atom. The molecule has 4 rings (SSSR count). The number of nitrogens with one attached hydrogen (secondary N) is 3. The highest BCUT2D eigenvalue weighted by atomic mass is 32.2. The Balaban J connectivity index is 1.52. The number of carbonyl (C=O) groups excluding carboxylic acids is 2. The second kappa shape index (κ2) is 13.1. The number of nitrogens with zero attached hydrogens (tertiary/aromatic N) is 1. The van der Waals surface area contributed by atoms with Gasteiger partial charge in [0.05, 0.1) is 11.0 Å². The molecular weight excluding hydrogens is 541 g/mol. The summed E-state index contributed by atoms with van der Waals surface area (Å²) in [5, 5.41) is 6.63. The van der Waals surface area contributed by atoms with Crippen LogP contribution in [0.5, 0.6) is 0 Å². The van der Waals surface area contributed by atoms with Gasteiger partial charge in [-0.05, 0) is 94.6 Å². The van der Waals surface area contributed by atoms with Crippen LogP contribution in [-0.4, -0.2) is 28.6 Å². The number of aromatic nitrogens is 1. The number of amides is 2. The Labute approximate surface area is 243 Å². The van der Waals surface area contributed by atoms with Crippen molar-refractivity contribution in [1.82, 2.24) is 15.0 Å². The Morgan fingerprint density at radius 2 is 1.73 bits per heavy atom. The maximum absolute atomic E-state index is 12.5. The van der Waals surface area contributed by atoms with E-state index in [4.69, 9.17) is 4.74 Å². The number of hydrogen-bond acceptors (Lipinski definition) is 7. The van der Waals surface area contributed by atoms with Crippen LogP contribution in [0.25, 0.3) is 21.0 Å². The normalized spacial score (nSPS) is 11.3. The molecule has 0 aliphatic carbocycles. The zero-order valence-corrected chi connectivity index (χ0v) is 24.9. The van der Waals surface area contributed by atoms with E-state index in [1.54, 1.807) is 35.4 Å². The zero-order valence-electron chi connectivity index (χ0n) is 23.3. The smallest absolute Gasteiger partial charge is 0.411 e. The number of carbonyl (C=O) groups is 2. The van der Waals surface area contributed by atoms with Gasteiger partial charge in [-0.15, -0.1) is 11.3 Å². The van der Waals surface area contributed by atoms with Crippen LogP contribution < -0.4 is 15.4 Å². The van der Waals surface area contributed by atoms with Crippen molar-refractivity contribution in [3.05, 3.63) is 90.1 Å². The van der Waals surface area contributed by atoms with E-state index in [0.29, 0.717) is 17.8 Å². The number of rotatable bonds is 9. The summed E-state index contributed by atoms with van der Waals surface area (Å²) in [6, 6.07) is 23.0. The summed E-state index contributed by atoms with van der Waals surface area (Å²) >= 11 is 3.18. The van der Waals surface area contributed by atoms with Gasteiger partial charge in [0.25, 0.3) is 5.91 Å². The minimum Gasteiger partial charge on any atom is -0.447 e. The molecule has 1 heterocycles. The van der Waals surface area contributed by atoms with E-state index < -0.39 is 6.09 Å². The van der Waals surface area contributed by atoms with Gasteiger partial charge in [-0.2, -0.15) is 0 Å². The maximum atomic E-state index is 12.5. The molecule has 208 valence electrons. The molecule has 3 N–H and O–H groups in total.